The first kappa shape index (κ1) is 19.8. The van der Waals surface area contributed by atoms with Gasteiger partial charge in [-0.25, -0.2) is 4.68 Å². The fourth-order valence-electron chi connectivity index (χ4n) is 4.45. The lowest BCUT2D eigenvalue weighted by atomic mass is 9.89. The number of amides is 2. The van der Waals surface area contributed by atoms with Crippen molar-refractivity contribution in [1.29, 1.82) is 0 Å². The van der Waals surface area contributed by atoms with Crippen molar-refractivity contribution in [3.05, 3.63) is 23.8 Å². The molecule has 1 N–H and O–H groups in total. The summed E-state index contributed by atoms with van der Waals surface area (Å²) in [6, 6.07) is 5.43. The zero-order chi connectivity index (χ0) is 20.6. The van der Waals surface area contributed by atoms with Gasteiger partial charge in [0.15, 0.2) is 0 Å². The van der Waals surface area contributed by atoms with Gasteiger partial charge in [0.05, 0.1) is 5.52 Å². The summed E-state index contributed by atoms with van der Waals surface area (Å²) in [7, 11) is 3.94. The maximum atomic E-state index is 12.9. The Morgan fingerprint density at radius 1 is 1.21 bits per heavy atom. The van der Waals surface area contributed by atoms with Crippen LogP contribution >= 0.6 is 0 Å². The van der Waals surface area contributed by atoms with Crippen LogP contribution in [0.4, 0.5) is 0 Å². The Morgan fingerprint density at radius 3 is 2.72 bits per heavy atom. The molecule has 2 aliphatic rings. The molecule has 1 atom stereocenters. The van der Waals surface area contributed by atoms with Crippen molar-refractivity contribution in [2.24, 2.45) is 18.4 Å². The van der Waals surface area contributed by atoms with E-state index in [-0.39, 0.29) is 17.2 Å². The summed E-state index contributed by atoms with van der Waals surface area (Å²) >= 11 is 0. The van der Waals surface area contributed by atoms with Gasteiger partial charge in [0.1, 0.15) is 5.52 Å². The molecule has 0 radical (unpaired) electrons. The Kier molecular flexibility index (Phi) is 5.29. The van der Waals surface area contributed by atoms with Gasteiger partial charge in [0, 0.05) is 43.6 Å². The molecule has 1 aromatic carbocycles. The zero-order valence-electron chi connectivity index (χ0n) is 17.5. The quantitative estimate of drug-likeness (QED) is 0.839. The monoisotopic (exact) mass is 398 g/mol. The van der Waals surface area contributed by atoms with Crippen LogP contribution in [0.3, 0.4) is 0 Å². The predicted octanol–water partition coefficient (Wildman–Crippen LogP) is 1.28. The molecular weight excluding hydrogens is 368 g/mol. The second kappa shape index (κ2) is 7.74. The number of likely N-dealkylation sites (tertiary alicyclic amines) is 2. The number of carbonyl (C=O) groups is 2. The van der Waals surface area contributed by atoms with Crippen LogP contribution in [-0.2, 0) is 11.8 Å². The highest BCUT2D eigenvalue weighted by Gasteiger charge is 2.38. The second-order valence-corrected chi connectivity index (χ2v) is 9.00. The van der Waals surface area contributed by atoms with E-state index in [9.17, 15) is 9.59 Å². The molecule has 0 aliphatic carbocycles. The lowest BCUT2D eigenvalue weighted by molar-refractivity contribution is -0.136. The molecule has 8 heteroatoms. The smallest absolute Gasteiger partial charge is 0.251 e. The van der Waals surface area contributed by atoms with Crippen molar-refractivity contribution in [2.45, 2.75) is 26.2 Å². The summed E-state index contributed by atoms with van der Waals surface area (Å²) in [5.74, 6) is 0.335. The van der Waals surface area contributed by atoms with Crippen LogP contribution < -0.4 is 5.32 Å². The molecule has 8 nitrogen and oxygen atoms in total. The fraction of sp³-hybridized carbons (Fsp3) is 0.619. The average molecular weight is 399 g/mol. The Bertz CT molecular complexity index is 917. The lowest BCUT2D eigenvalue weighted by Gasteiger charge is -2.31. The van der Waals surface area contributed by atoms with Crippen LogP contribution in [0.1, 0.15) is 36.5 Å². The van der Waals surface area contributed by atoms with E-state index in [2.05, 4.69) is 34.5 Å². The van der Waals surface area contributed by atoms with E-state index in [1.54, 1.807) is 16.8 Å². The third-order valence-electron chi connectivity index (χ3n) is 6.49. The van der Waals surface area contributed by atoms with Gasteiger partial charge >= 0.3 is 0 Å². The first-order valence-corrected chi connectivity index (χ1v) is 10.4. The van der Waals surface area contributed by atoms with Crippen LogP contribution in [0, 0.1) is 11.3 Å². The largest absolute Gasteiger partial charge is 0.351 e. The topological polar surface area (TPSA) is 83.4 Å². The van der Waals surface area contributed by atoms with Crippen molar-refractivity contribution in [1.82, 2.24) is 30.1 Å². The normalized spacial score (nSPS) is 23.6. The number of piperidine rings is 1. The molecule has 156 valence electrons. The van der Waals surface area contributed by atoms with Crippen LogP contribution in [0.25, 0.3) is 11.0 Å². The maximum absolute atomic E-state index is 12.9. The Hall–Kier alpha value is -2.48. The molecular formula is C21H30N6O2. The van der Waals surface area contributed by atoms with Gasteiger partial charge in [-0.2, -0.15) is 0 Å². The van der Waals surface area contributed by atoms with Gasteiger partial charge in [-0.1, -0.05) is 12.1 Å². The zero-order valence-corrected chi connectivity index (χ0v) is 17.5. The lowest BCUT2D eigenvalue weighted by Crippen LogP contribution is -2.43. The first-order valence-electron chi connectivity index (χ1n) is 10.4. The Morgan fingerprint density at radius 2 is 1.97 bits per heavy atom. The molecule has 0 bridgehead atoms. The van der Waals surface area contributed by atoms with E-state index >= 15 is 0 Å². The van der Waals surface area contributed by atoms with Gasteiger partial charge in [0.25, 0.3) is 5.91 Å². The Labute approximate surface area is 171 Å². The number of hydrogen-bond acceptors (Lipinski definition) is 5. The summed E-state index contributed by atoms with van der Waals surface area (Å²) in [6.07, 6.45) is 2.81. The van der Waals surface area contributed by atoms with Crippen molar-refractivity contribution in [2.75, 3.05) is 39.8 Å². The highest BCUT2D eigenvalue weighted by molar-refractivity contribution is 5.97. The van der Waals surface area contributed by atoms with Gasteiger partial charge in [-0.05, 0) is 57.6 Å². The minimum Gasteiger partial charge on any atom is -0.351 e. The molecule has 2 saturated heterocycles. The third kappa shape index (κ3) is 4.12. The summed E-state index contributed by atoms with van der Waals surface area (Å²) < 4.78 is 1.69. The standard InChI is InChI=1S/C21H30N6O2/c1-21(8-11-27(14-21)20(29)15-6-9-25(2)10-7-15)13-22-19(28)16-4-5-18-17(12-16)23-24-26(18)3/h4-5,12,15H,6-11,13-14H2,1-3H3,(H,22,28). The number of aromatic nitrogens is 3. The molecule has 1 aromatic heterocycles. The van der Waals surface area contributed by atoms with Crippen LogP contribution in [0.2, 0.25) is 0 Å². The molecule has 2 amide bonds. The summed E-state index contributed by atoms with van der Waals surface area (Å²) in [6.45, 7) is 6.19. The summed E-state index contributed by atoms with van der Waals surface area (Å²) in [5.41, 5.74) is 2.10. The SMILES string of the molecule is CN1CCC(C(=O)N2CCC(C)(CNC(=O)c3ccc4c(c3)nnn4C)C2)CC1. The Balaban J connectivity index is 1.33. The molecule has 2 aromatic rings. The van der Waals surface area contributed by atoms with Gasteiger partial charge < -0.3 is 15.1 Å². The number of fused-ring (bicyclic) bond motifs is 1. The second-order valence-electron chi connectivity index (χ2n) is 9.00. The fourth-order valence-corrected chi connectivity index (χ4v) is 4.45. The molecule has 0 saturated carbocycles. The molecule has 2 aliphatic heterocycles. The van der Waals surface area contributed by atoms with E-state index < -0.39 is 0 Å². The van der Waals surface area contributed by atoms with Crippen LogP contribution in [0.15, 0.2) is 18.2 Å². The number of hydrogen-bond donors (Lipinski definition) is 1. The molecule has 29 heavy (non-hydrogen) atoms. The van der Waals surface area contributed by atoms with Gasteiger partial charge in [0.2, 0.25) is 5.91 Å². The number of nitrogens with one attached hydrogen (secondary N) is 1. The highest BCUT2D eigenvalue weighted by atomic mass is 16.2. The number of aryl methyl sites for hydroxylation is 1. The molecule has 0 spiro atoms. The number of carbonyl (C=O) groups excluding carboxylic acids is 2. The third-order valence-corrected chi connectivity index (χ3v) is 6.49. The summed E-state index contributed by atoms with van der Waals surface area (Å²) in [5, 5.41) is 11.1. The van der Waals surface area contributed by atoms with Crippen molar-refractivity contribution >= 4 is 22.8 Å². The summed E-state index contributed by atoms with van der Waals surface area (Å²) in [4.78, 5) is 29.8. The van der Waals surface area contributed by atoms with E-state index in [4.69, 9.17) is 0 Å². The van der Waals surface area contributed by atoms with E-state index in [0.29, 0.717) is 30.1 Å². The molecule has 1 unspecified atom stereocenters. The van der Waals surface area contributed by atoms with Gasteiger partial charge in [-0.3, -0.25) is 9.59 Å². The average Bonchev–Trinajstić information content (AvgIpc) is 3.29. The van der Waals surface area contributed by atoms with Crippen molar-refractivity contribution < 1.29 is 9.59 Å². The number of benzene rings is 1. The predicted molar refractivity (Wildman–Crippen MR) is 110 cm³/mol. The molecule has 3 heterocycles. The number of nitrogens with zero attached hydrogens (tertiary/aromatic N) is 5. The first-order chi connectivity index (χ1) is 13.8. The molecule has 2 fully saturated rings. The van der Waals surface area contributed by atoms with Crippen LogP contribution in [-0.4, -0.2) is 76.4 Å². The highest BCUT2D eigenvalue weighted by Crippen LogP contribution is 2.31. The van der Waals surface area contributed by atoms with Crippen molar-refractivity contribution in [3.63, 3.8) is 0 Å². The maximum Gasteiger partial charge on any atom is 0.251 e. The van der Waals surface area contributed by atoms with E-state index in [0.717, 1.165) is 44.4 Å². The number of rotatable bonds is 4. The van der Waals surface area contributed by atoms with E-state index in [1.807, 2.05) is 18.0 Å². The van der Waals surface area contributed by atoms with Gasteiger partial charge in [-0.15, -0.1) is 5.10 Å². The van der Waals surface area contributed by atoms with Crippen molar-refractivity contribution in [3.8, 4) is 0 Å². The minimum absolute atomic E-state index is 0.0898. The molecule has 4 rings (SSSR count). The minimum atomic E-state index is -0.112. The van der Waals surface area contributed by atoms with Crippen LogP contribution in [0.5, 0.6) is 0 Å². The van der Waals surface area contributed by atoms with E-state index in [1.165, 1.54) is 0 Å².